The molecule has 0 aliphatic heterocycles. The Labute approximate surface area is 200 Å². The van der Waals surface area contributed by atoms with Crippen LogP contribution in [0.15, 0.2) is 59.7 Å². The summed E-state index contributed by atoms with van der Waals surface area (Å²) in [4.78, 5) is 38.6. The number of aliphatic carboxylic acids is 1. The summed E-state index contributed by atoms with van der Waals surface area (Å²) >= 11 is 0. The molecule has 1 amide bonds. The fourth-order valence-electron chi connectivity index (χ4n) is 2.61. The van der Waals surface area contributed by atoms with Crippen molar-refractivity contribution in [2.75, 3.05) is 0 Å². The van der Waals surface area contributed by atoms with Gasteiger partial charge in [0.25, 0.3) is 5.91 Å². The SMILES string of the molecule is O=C(N[C@@H](c1ccc(OC(F)(F)F)cc1F)c1ncccc1F)c1ccc(=O)[nH]c1.O=C(O)C(F)(F)F. The molecule has 0 unspecified atom stereocenters. The molecule has 198 valence electrons. The number of carboxylic acid groups (broad SMARTS) is 1. The normalized spacial score (nSPS) is 12.1. The molecule has 0 saturated heterocycles. The first-order chi connectivity index (χ1) is 17.1. The number of carboxylic acids is 1. The molecule has 1 atom stereocenters. The van der Waals surface area contributed by atoms with Crippen LogP contribution in [0.1, 0.15) is 27.7 Å². The molecule has 2 aromatic heterocycles. The smallest absolute Gasteiger partial charge is 0.475 e. The number of H-pyrrole nitrogens is 1. The van der Waals surface area contributed by atoms with Crippen LogP contribution in [0, 0.1) is 11.6 Å². The van der Waals surface area contributed by atoms with Gasteiger partial charge in [0, 0.05) is 30.1 Å². The van der Waals surface area contributed by atoms with Crippen molar-refractivity contribution in [3.8, 4) is 5.75 Å². The summed E-state index contributed by atoms with van der Waals surface area (Å²) in [5.41, 5.74) is -1.20. The maximum absolute atomic E-state index is 14.6. The molecular weight excluding hydrogens is 526 g/mol. The number of hydrogen-bond acceptors (Lipinski definition) is 5. The summed E-state index contributed by atoms with van der Waals surface area (Å²) in [7, 11) is 0. The second-order valence-electron chi connectivity index (χ2n) is 6.75. The Kier molecular flexibility index (Phi) is 8.92. The summed E-state index contributed by atoms with van der Waals surface area (Å²) < 4.78 is 101. The van der Waals surface area contributed by atoms with Crippen molar-refractivity contribution in [1.29, 1.82) is 0 Å². The van der Waals surface area contributed by atoms with Crippen LogP contribution in [0.5, 0.6) is 5.75 Å². The maximum atomic E-state index is 14.6. The molecule has 0 spiro atoms. The molecule has 3 aromatic rings. The highest BCUT2D eigenvalue weighted by atomic mass is 19.4. The number of rotatable bonds is 5. The first kappa shape index (κ1) is 28.7. The van der Waals surface area contributed by atoms with E-state index < -0.39 is 53.4 Å². The lowest BCUT2D eigenvalue weighted by molar-refractivity contribution is -0.274. The molecule has 0 aliphatic rings. The van der Waals surface area contributed by atoms with E-state index in [1.54, 1.807) is 0 Å². The third-order valence-corrected chi connectivity index (χ3v) is 4.14. The molecule has 16 heteroatoms. The highest BCUT2D eigenvalue weighted by Gasteiger charge is 2.38. The van der Waals surface area contributed by atoms with Crippen molar-refractivity contribution in [2.45, 2.75) is 18.6 Å². The highest BCUT2D eigenvalue weighted by Crippen LogP contribution is 2.30. The van der Waals surface area contributed by atoms with Crippen LogP contribution in [0.2, 0.25) is 0 Å². The van der Waals surface area contributed by atoms with Gasteiger partial charge >= 0.3 is 18.5 Å². The molecule has 3 N–H and O–H groups in total. The van der Waals surface area contributed by atoms with Gasteiger partial charge in [-0.3, -0.25) is 14.6 Å². The summed E-state index contributed by atoms with van der Waals surface area (Å²) in [6.07, 6.45) is -7.81. The number of nitrogens with one attached hydrogen (secondary N) is 2. The standard InChI is InChI=1S/C19H12F5N3O3.C2HF3O2/c20-13-2-1-7-25-17(13)16(27-18(29)10-3-6-15(28)26-9-10)12-5-4-11(8-14(12)21)30-19(22,23)24;3-2(4,5)1(6)7/h1-9,16H,(H,26,28)(H,27,29);(H,6,7)/t16-;/m0./s1. The largest absolute Gasteiger partial charge is 0.573 e. The Hall–Kier alpha value is -4.50. The van der Waals surface area contributed by atoms with Crippen molar-refractivity contribution >= 4 is 11.9 Å². The number of ether oxygens (including phenoxy) is 1. The summed E-state index contributed by atoms with van der Waals surface area (Å²) in [6, 6.07) is 5.30. The number of carbonyl (C=O) groups is 2. The molecule has 0 fully saturated rings. The third kappa shape index (κ3) is 8.59. The zero-order chi connectivity index (χ0) is 28.0. The number of aromatic nitrogens is 2. The van der Waals surface area contributed by atoms with E-state index in [-0.39, 0.29) is 16.8 Å². The topological polar surface area (TPSA) is 121 Å². The minimum atomic E-state index is -5.08. The van der Waals surface area contributed by atoms with Crippen LogP contribution in [0.4, 0.5) is 35.1 Å². The number of carbonyl (C=O) groups excluding carboxylic acids is 1. The van der Waals surface area contributed by atoms with Crippen LogP contribution in [0.25, 0.3) is 0 Å². The average molecular weight is 539 g/mol. The average Bonchev–Trinajstić information content (AvgIpc) is 2.77. The minimum absolute atomic E-state index is 0.0200. The highest BCUT2D eigenvalue weighted by molar-refractivity contribution is 5.94. The monoisotopic (exact) mass is 539 g/mol. The van der Waals surface area contributed by atoms with E-state index >= 15 is 0 Å². The van der Waals surface area contributed by atoms with Crippen molar-refractivity contribution in [2.24, 2.45) is 0 Å². The van der Waals surface area contributed by atoms with Gasteiger partial charge in [0.1, 0.15) is 29.1 Å². The molecule has 3 rings (SSSR count). The van der Waals surface area contributed by atoms with E-state index in [4.69, 9.17) is 9.90 Å². The van der Waals surface area contributed by atoms with Crippen molar-refractivity contribution < 1.29 is 54.6 Å². The maximum Gasteiger partial charge on any atom is 0.573 e. The molecule has 0 radical (unpaired) electrons. The molecule has 0 bridgehead atoms. The Morgan fingerprint density at radius 2 is 1.65 bits per heavy atom. The van der Waals surface area contributed by atoms with E-state index in [0.717, 1.165) is 30.5 Å². The number of alkyl halides is 6. The molecule has 0 saturated carbocycles. The van der Waals surface area contributed by atoms with Crippen molar-refractivity contribution in [3.05, 3.63) is 93.7 Å². The van der Waals surface area contributed by atoms with Gasteiger partial charge in [0.15, 0.2) is 0 Å². The number of pyridine rings is 2. The second-order valence-corrected chi connectivity index (χ2v) is 6.75. The molecular formula is C21H13F8N3O5. The minimum Gasteiger partial charge on any atom is -0.475 e. The molecule has 0 aliphatic carbocycles. The summed E-state index contributed by atoms with van der Waals surface area (Å²) in [5, 5.41) is 9.49. The lowest BCUT2D eigenvalue weighted by Crippen LogP contribution is -2.31. The van der Waals surface area contributed by atoms with Crippen LogP contribution in [-0.4, -0.2) is 39.5 Å². The van der Waals surface area contributed by atoms with Crippen LogP contribution in [0.3, 0.4) is 0 Å². The number of nitrogens with zero attached hydrogens (tertiary/aromatic N) is 1. The third-order valence-electron chi connectivity index (χ3n) is 4.14. The fourth-order valence-corrected chi connectivity index (χ4v) is 2.61. The first-order valence-corrected chi connectivity index (χ1v) is 9.54. The number of benzene rings is 1. The Morgan fingerprint density at radius 3 is 2.14 bits per heavy atom. The Balaban J connectivity index is 0.000000604. The Morgan fingerprint density at radius 1 is 1.00 bits per heavy atom. The Bertz CT molecular complexity index is 1300. The molecule has 8 nitrogen and oxygen atoms in total. The molecule has 2 heterocycles. The van der Waals surface area contributed by atoms with Crippen molar-refractivity contribution in [3.63, 3.8) is 0 Å². The zero-order valence-electron chi connectivity index (χ0n) is 17.8. The predicted molar refractivity (Wildman–Crippen MR) is 107 cm³/mol. The van der Waals surface area contributed by atoms with Gasteiger partial charge in [0.05, 0.1) is 5.56 Å². The van der Waals surface area contributed by atoms with Gasteiger partial charge in [-0.25, -0.2) is 13.6 Å². The van der Waals surface area contributed by atoms with E-state index in [0.29, 0.717) is 6.07 Å². The summed E-state index contributed by atoms with van der Waals surface area (Å²) in [5.74, 6) is -6.45. The predicted octanol–water partition coefficient (Wildman–Crippen LogP) is 4.10. The van der Waals surface area contributed by atoms with E-state index in [9.17, 15) is 44.7 Å². The van der Waals surface area contributed by atoms with Crippen LogP contribution >= 0.6 is 0 Å². The molecule has 37 heavy (non-hydrogen) atoms. The van der Waals surface area contributed by atoms with Gasteiger partial charge in [0.2, 0.25) is 5.56 Å². The van der Waals surface area contributed by atoms with E-state index in [2.05, 4.69) is 20.0 Å². The van der Waals surface area contributed by atoms with E-state index in [1.165, 1.54) is 18.3 Å². The van der Waals surface area contributed by atoms with E-state index in [1.807, 2.05) is 0 Å². The molecule has 1 aromatic carbocycles. The summed E-state index contributed by atoms with van der Waals surface area (Å²) in [6.45, 7) is 0. The van der Waals surface area contributed by atoms with Gasteiger partial charge in [-0.15, -0.1) is 13.2 Å². The second kappa shape index (κ2) is 11.5. The van der Waals surface area contributed by atoms with Gasteiger partial charge < -0.3 is 20.1 Å². The lowest BCUT2D eigenvalue weighted by Gasteiger charge is -2.20. The fraction of sp³-hybridized carbons (Fsp3) is 0.143. The number of aromatic amines is 1. The number of amides is 1. The van der Waals surface area contributed by atoms with Gasteiger partial charge in [-0.2, -0.15) is 13.2 Å². The quantitative estimate of drug-likeness (QED) is 0.420. The van der Waals surface area contributed by atoms with Gasteiger partial charge in [-0.05, 0) is 30.3 Å². The number of halogens is 8. The zero-order valence-corrected chi connectivity index (χ0v) is 17.8. The lowest BCUT2D eigenvalue weighted by atomic mass is 10.0. The van der Waals surface area contributed by atoms with Crippen LogP contribution in [-0.2, 0) is 4.79 Å². The first-order valence-electron chi connectivity index (χ1n) is 9.54. The number of hydrogen-bond donors (Lipinski definition) is 3. The van der Waals surface area contributed by atoms with Crippen molar-refractivity contribution in [1.82, 2.24) is 15.3 Å². The van der Waals surface area contributed by atoms with Gasteiger partial charge in [-0.1, -0.05) is 0 Å². The van der Waals surface area contributed by atoms with Crippen LogP contribution < -0.4 is 15.6 Å².